The molecule has 0 N–H and O–H groups in total. The number of hydrogen-bond acceptors (Lipinski definition) is 2. The van der Waals surface area contributed by atoms with Crippen LogP contribution in [0.4, 0.5) is 0 Å². The quantitative estimate of drug-likeness (QED) is 0.400. The Labute approximate surface area is 112 Å². The second kappa shape index (κ2) is 18.0. The zero-order valence-corrected chi connectivity index (χ0v) is 9.90. The van der Waals surface area contributed by atoms with Crippen LogP contribution in [-0.4, -0.2) is 19.5 Å². The van der Waals surface area contributed by atoms with Crippen LogP contribution in [0.2, 0.25) is 0 Å². The molecule has 1 saturated carbocycles. The molecule has 0 amide bonds. The average molecular weight is 276 g/mol. The number of ether oxygens (including phenoxy) is 2. The van der Waals surface area contributed by atoms with E-state index in [9.17, 15) is 0 Å². The van der Waals surface area contributed by atoms with Crippen molar-refractivity contribution in [3.8, 4) is 0 Å². The summed E-state index contributed by atoms with van der Waals surface area (Å²) in [6.07, 6.45) is 7.89. The molecule has 0 spiro atoms. The third-order valence-corrected chi connectivity index (χ3v) is 1.58. The fraction of sp³-hybridized carbons (Fsp3) is 0.273. The minimum atomic E-state index is -0.102. The first-order valence-electron chi connectivity index (χ1n) is 4.03. The van der Waals surface area contributed by atoms with Crippen molar-refractivity contribution in [3.63, 3.8) is 0 Å². The summed E-state index contributed by atoms with van der Waals surface area (Å²) in [5, 5.41) is 0. The fourth-order valence-corrected chi connectivity index (χ4v) is 1.10. The van der Waals surface area contributed by atoms with Crippen molar-refractivity contribution in [2.45, 2.75) is 6.29 Å². The smallest absolute Gasteiger partial charge is 0.164 e. The maximum Gasteiger partial charge on any atom is 0.164 e. The molecule has 5 nitrogen and oxygen atoms in total. The topological polar surface area (TPSA) is 78.2 Å². The Balaban J connectivity index is -0.000000248. The van der Waals surface area contributed by atoms with E-state index in [1.165, 1.54) is 0 Å². The summed E-state index contributed by atoms with van der Waals surface area (Å²) in [6, 6.07) is 0. The van der Waals surface area contributed by atoms with E-state index in [-0.39, 0.29) is 23.4 Å². The van der Waals surface area contributed by atoms with Crippen LogP contribution in [0.25, 0.3) is 0 Å². The van der Waals surface area contributed by atoms with Gasteiger partial charge in [-0.25, -0.2) is 0 Å². The summed E-state index contributed by atoms with van der Waals surface area (Å²) < 4.78 is 33.1. The van der Waals surface area contributed by atoms with E-state index in [2.05, 4.69) is 20.0 Å². The van der Waals surface area contributed by atoms with Crippen molar-refractivity contribution in [2.24, 2.45) is 0 Å². The van der Waals surface area contributed by atoms with Gasteiger partial charge in [-0.2, -0.15) is 0 Å². The van der Waals surface area contributed by atoms with E-state index < -0.39 is 0 Å². The Kier molecular flexibility index (Phi) is 23.2. The second-order valence-electron chi connectivity index (χ2n) is 2.29. The monoisotopic (exact) mass is 276 g/mol. The normalized spacial score (nSPS) is 18.0. The summed E-state index contributed by atoms with van der Waals surface area (Å²) >= 11 is 0. The van der Waals surface area contributed by atoms with Gasteiger partial charge in [-0.3, -0.25) is 0 Å². The predicted molar refractivity (Wildman–Crippen MR) is 47.9 cm³/mol. The van der Waals surface area contributed by atoms with E-state index in [1.807, 2.05) is 25.7 Å². The van der Waals surface area contributed by atoms with Gasteiger partial charge in [0.1, 0.15) is 0 Å². The van der Waals surface area contributed by atoms with E-state index >= 15 is 0 Å². The van der Waals surface area contributed by atoms with Crippen molar-refractivity contribution in [1.29, 1.82) is 0 Å². The molecule has 6 heteroatoms. The zero-order valence-electron chi connectivity index (χ0n) is 8.72. The standard InChI is InChI=1S/C8H9O2.3CO.Mn/c1-2-4-7(3-1)8-9-5-6-10-8;3*1-2;/h1-4,8H,5-6H2;;;;. The van der Waals surface area contributed by atoms with Gasteiger partial charge in [0, 0.05) is 23.0 Å². The van der Waals surface area contributed by atoms with Crippen LogP contribution in [0.5, 0.6) is 0 Å². The first-order chi connectivity index (χ1) is 7.97. The Bertz CT molecular complexity index is 173. The summed E-state index contributed by atoms with van der Waals surface area (Å²) in [7, 11) is 0. The van der Waals surface area contributed by atoms with Crippen LogP contribution in [0.3, 0.4) is 0 Å². The minimum Gasteiger partial charge on any atom is -0.350 e. The van der Waals surface area contributed by atoms with Crippen LogP contribution in [-0.2, 0) is 40.5 Å². The molecule has 6 radical (unpaired) electrons. The summed E-state index contributed by atoms with van der Waals surface area (Å²) in [4.78, 5) is 0. The van der Waals surface area contributed by atoms with Crippen LogP contribution in [0.1, 0.15) is 0 Å². The van der Waals surface area contributed by atoms with Gasteiger partial charge in [0.25, 0.3) is 0 Å². The van der Waals surface area contributed by atoms with Crippen molar-refractivity contribution < 1.29 is 40.5 Å². The van der Waals surface area contributed by atoms with Crippen LogP contribution in [0.15, 0.2) is 0 Å². The maximum atomic E-state index is 7.50. The van der Waals surface area contributed by atoms with Crippen LogP contribution in [0, 0.1) is 51.6 Å². The second-order valence-corrected chi connectivity index (χ2v) is 2.29. The molecular weight excluding hydrogens is 267 g/mol. The molecule has 2 fully saturated rings. The minimum absolute atomic E-state index is 0. The van der Waals surface area contributed by atoms with Crippen molar-refractivity contribution in [2.75, 3.05) is 13.2 Å². The molecule has 1 aliphatic heterocycles. The molecule has 0 unspecified atom stereocenters. The van der Waals surface area contributed by atoms with Crippen molar-refractivity contribution >= 4 is 0 Å². The van der Waals surface area contributed by atoms with Crippen molar-refractivity contribution in [3.05, 3.63) is 51.6 Å². The van der Waals surface area contributed by atoms with Gasteiger partial charge in [0.2, 0.25) is 0 Å². The molecule has 0 aromatic heterocycles. The Hall–Kier alpha value is -0.341. The molecular formula is C11H9MnO5. The first-order valence-corrected chi connectivity index (χ1v) is 4.03. The molecule has 2 rings (SSSR count). The van der Waals surface area contributed by atoms with Crippen LogP contribution >= 0.6 is 0 Å². The van der Waals surface area contributed by atoms with E-state index in [0.717, 1.165) is 19.1 Å². The van der Waals surface area contributed by atoms with Gasteiger partial charge in [-0.05, 0) is 25.7 Å². The SMILES string of the molecule is [C-]#[O+].[C-]#[O+].[C-]#[O+].[CH]1[CH][CH][C](C2OCCO2)[CH]1.[Mn]. The molecule has 0 bridgehead atoms. The Morgan fingerprint density at radius 1 is 0.882 bits per heavy atom. The molecule has 2 aliphatic rings. The number of rotatable bonds is 1. The molecule has 0 aromatic carbocycles. The van der Waals surface area contributed by atoms with Gasteiger partial charge in [0.05, 0.1) is 13.2 Å². The third-order valence-electron chi connectivity index (χ3n) is 1.58. The molecule has 0 aromatic rings. The maximum absolute atomic E-state index is 7.50. The third kappa shape index (κ3) is 9.37. The molecule has 90 valence electrons. The van der Waals surface area contributed by atoms with Gasteiger partial charge in [-0.15, -0.1) is 0 Å². The van der Waals surface area contributed by atoms with E-state index in [4.69, 9.17) is 23.4 Å². The van der Waals surface area contributed by atoms with Gasteiger partial charge < -0.3 is 9.47 Å². The fourth-order valence-electron chi connectivity index (χ4n) is 1.10. The zero-order chi connectivity index (χ0) is 12.8. The average Bonchev–Trinajstić information content (AvgIpc) is 3.09. The van der Waals surface area contributed by atoms with Gasteiger partial charge in [-0.1, -0.05) is 0 Å². The largest absolute Gasteiger partial charge is 0.350 e. The molecule has 1 saturated heterocycles. The van der Waals surface area contributed by atoms with Crippen LogP contribution < -0.4 is 0 Å². The predicted octanol–water partition coefficient (Wildman–Crippen LogP) is 0.650. The molecule has 1 aliphatic carbocycles. The Morgan fingerprint density at radius 3 is 1.59 bits per heavy atom. The molecule has 17 heavy (non-hydrogen) atoms. The number of hydrogen-bond donors (Lipinski definition) is 0. The molecule has 1 heterocycles. The summed E-state index contributed by atoms with van der Waals surface area (Å²) in [5.74, 6) is 1.12. The van der Waals surface area contributed by atoms with E-state index in [1.54, 1.807) is 0 Å². The molecule has 0 atom stereocenters. The summed E-state index contributed by atoms with van der Waals surface area (Å²) in [5.41, 5.74) is 0. The van der Waals surface area contributed by atoms with Gasteiger partial charge in [0.15, 0.2) is 6.29 Å². The summed E-state index contributed by atoms with van der Waals surface area (Å²) in [6.45, 7) is 14.9. The van der Waals surface area contributed by atoms with Gasteiger partial charge >= 0.3 is 33.9 Å². The van der Waals surface area contributed by atoms with E-state index in [0.29, 0.717) is 0 Å². The Morgan fingerprint density at radius 2 is 1.24 bits per heavy atom. The first kappa shape index (κ1) is 21.9. The van der Waals surface area contributed by atoms with Crippen molar-refractivity contribution in [1.82, 2.24) is 0 Å².